The molecule has 1 saturated carbocycles. The highest BCUT2D eigenvalue weighted by atomic mass is 16.5. The van der Waals surface area contributed by atoms with Crippen molar-refractivity contribution in [2.75, 3.05) is 20.1 Å². The lowest BCUT2D eigenvalue weighted by Crippen LogP contribution is -2.42. The summed E-state index contributed by atoms with van der Waals surface area (Å²) in [5.74, 6) is 1.24. The molecule has 2 unspecified atom stereocenters. The predicted octanol–water partition coefficient (Wildman–Crippen LogP) is 1.62. The van der Waals surface area contributed by atoms with Crippen LogP contribution < -0.4 is 10.6 Å². The van der Waals surface area contributed by atoms with Crippen molar-refractivity contribution in [3.05, 3.63) is 17.5 Å². The lowest BCUT2D eigenvalue weighted by molar-refractivity contribution is -0.135. The van der Waals surface area contributed by atoms with Gasteiger partial charge in [-0.1, -0.05) is 11.6 Å². The van der Waals surface area contributed by atoms with Gasteiger partial charge in [-0.05, 0) is 45.1 Å². The van der Waals surface area contributed by atoms with E-state index in [1.165, 1.54) is 12.8 Å². The average molecular weight is 362 g/mol. The second kappa shape index (κ2) is 8.66. The van der Waals surface area contributed by atoms with Gasteiger partial charge in [0.05, 0.1) is 6.54 Å². The number of carbonyl (C=O) groups is 2. The number of likely N-dealkylation sites (N-methyl/N-ethyl adjacent to an activating group) is 1. The minimum Gasteiger partial charge on any atom is -0.361 e. The van der Waals surface area contributed by atoms with E-state index in [-0.39, 0.29) is 24.2 Å². The largest absolute Gasteiger partial charge is 0.361 e. The van der Waals surface area contributed by atoms with Crippen molar-refractivity contribution < 1.29 is 14.1 Å². The molecule has 0 radical (unpaired) electrons. The number of nitrogens with zero attached hydrogens (tertiary/aromatic N) is 2. The fourth-order valence-corrected chi connectivity index (χ4v) is 3.47. The first-order valence-corrected chi connectivity index (χ1v) is 9.68. The number of amides is 2. The molecule has 1 aliphatic heterocycles. The molecule has 1 saturated heterocycles. The van der Waals surface area contributed by atoms with Gasteiger partial charge in [0.15, 0.2) is 0 Å². The van der Waals surface area contributed by atoms with Crippen LogP contribution in [0.2, 0.25) is 0 Å². The number of aryl methyl sites for hydroxylation is 1. The van der Waals surface area contributed by atoms with E-state index < -0.39 is 0 Å². The van der Waals surface area contributed by atoms with Crippen molar-refractivity contribution in [3.63, 3.8) is 0 Å². The first-order chi connectivity index (χ1) is 12.5. The highest BCUT2D eigenvalue weighted by Gasteiger charge is 2.28. The molecule has 2 heterocycles. The van der Waals surface area contributed by atoms with E-state index in [0.717, 1.165) is 44.0 Å². The van der Waals surface area contributed by atoms with Gasteiger partial charge in [0.2, 0.25) is 11.8 Å². The van der Waals surface area contributed by atoms with Gasteiger partial charge < -0.3 is 20.1 Å². The van der Waals surface area contributed by atoms with Crippen LogP contribution in [0.1, 0.15) is 50.0 Å². The van der Waals surface area contributed by atoms with E-state index in [4.69, 9.17) is 4.52 Å². The Morgan fingerprint density at radius 3 is 2.85 bits per heavy atom. The third-order valence-electron chi connectivity index (χ3n) is 5.33. The zero-order valence-electron chi connectivity index (χ0n) is 15.8. The van der Waals surface area contributed by atoms with E-state index in [1.807, 2.05) is 14.0 Å². The molecule has 2 aliphatic rings. The maximum absolute atomic E-state index is 12.6. The first kappa shape index (κ1) is 18.9. The summed E-state index contributed by atoms with van der Waals surface area (Å²) in [5, 5.41) is 10.4. The molecule has 1 aromatic heterocycles. The Labute approximate surface area is 154 Å². The molecule has 2 fully saturated rings. The Kier molecular flexibility index (Phi) is 6.29. The molecular weight excluding hydrogens is 332 g/mol. The maximum Gasteiger partial charge on any atom is 0.223 e. The summed E-state index contributed by atoms with van der Waals surface area (Å²) in [4.78, 5) is 26.8. The van der Waals surface area contributed by atoms with Gasteiger partial charge in [-0.2, -0.15) is 0 Å². The second-order valence-electron chi connectivity index (χ2n) is 7.80. The standard InChI is InChI=1S/C19H30N4O3/c1-13-8-17(22-26-13)11-21-19(25)15-4-3-5-16(20-10-14-6-7-14)12-23(2)18(24)9-15/h8,14-16,20H,3-7,9-12H2,1-2H3,(H,21,25). The van der Waals surface area contributed by atoms with Crippen molar-refractivity contribution in [2.24, 2.45) is 11.8 Å². The summed E-state index contributed by atoms with van der Waals surface area (Å²) in [6.07, 6.45) is 5.60. The monoisotopic (exact) mass is 362 g/mol. The van der Waals surface area contributed by atoms with Crippen LogP contribution in [0, 0.1) is 18.8 Å². The minimum atomic E-state index is -0.278. The summed E-state index contributed by atoms with van der Waals surface area (Å²) < 4.78 is 5.01. The van der Waals surface area contributed by atoms with Crippen LogP contribution in [-0.4, -0.2) is 48.0 Å². The SMILES string of the molecule is Cc1cc(CNC(=O)C2CCCC(NCC3CC3)CN(C)C(=O)C2)no1. The highest BCUT2D eigenvalue weighted by Crippen LogP contribution is 2.28. The molecule has 1 aromatic rings. The van der Waals surface area contributed by atoms with Crippen LogP contribution in [0.15, 0.2) is 10.6 Å². The Bertz CT molecular complexity index is 626. The molecule has 2 N–H and O–H groups in total. The fourth-order valence-electron chi connectivity index (χ4n) is 3.47. The van der Waals surface area contributed by atoms with Gasteiger partial charge in [-0.3, -0.25) is 9.59 Å². The lowest BCUT2D eigenvalue weighted by atomic mass is 9.96. The maximum atomic E-state index is 12.6. The van der Waals surface area contributed by atoms with Gasteiger partial charge in [-0.25, -0.2) is 0 Å². The quantitative estimate of drug-likeness (QED) is 0.803. The number of hydrogen-bond acceptors (Lipinski definition) is 5. The molecule has 7 heteroatoms. The fraction of sp³-hybridized carbons (Fsp3) is 0.737. The van der Waals surface area contributed by atoms with Crippen LogP contribution in [0.3, 0.4) is 0 Å². The number of rotatable bonds is 6. The first-order valence-electron chi connectivity index (χ1n) is 9.68. The summed E-state index contributed by atoms with van der Waals surface area (Å²) in [7, 11) is 1.84. The van der Waals surface area contributed by atoms with E-state index in [0.29, 0.717) is 18.3 Å². The van der Waals surface area contributed by atoms with Crippen molar-refractivity contribution in [1.29, 1.82) is 0 Å². The molecule has 26 heavy (non-hydrogen) atoms. The molecule has 2 amide bonds. The third-order valence-corrected chi connectivity index (χ3v) is 5.33. The summed E-state index contributed by atoms with van der Waals surface area (Å²) >= 11 is 0. The zero-order chi connectivity index (χ0) is 18.5. The van der Waals surface area contributed by atoms with Crippen molar-refractivity contribution in [1.82, 2.24) is 20.7 Å². The Hall–Kier alpha value is -1.89. The van der Waals surface area contributed by atoms with Gasteiger partial charge in [0, 0.05) is 38.0 Å². The van der Waals surface area contributed by atoms with Crippen molar-refractivity contribution in [2.45, 2.75) is 58.0 Å². The van der Waals surface area contributed by atoms with E-state index in [1.54, 1.807) is 11.0 Å². The van der Waals surface area contributed by atoms with Crippen LogP contribution in [0.5, 0.6) is 0 Å². The molecule has 1 aliphatic carbocycles. The van der Waals surface area contributed by atoms with Gasteiger partial charge >= 0.3 is 0 Å². The molecule has 0 aromatic carbocycles. The smallest absolute Gasteiger partial charge is 0.223 e. The predicted molar refractivity (Wildman–Crippen MR) is 97.2 cm³/mol. The van der Waals surface area contributed by atoms with E-state index >= 15 is 0 Å². The zero-order valence-corrected chi connectivity index (χ0v) is 15.8. The Balaban J connectivity index is 1.52. The van der Waals surface area contributed by atoms with E-state index in [9.17, 15) is 9.59 Å². The Morgan fingerprint density at radius 2 is 2.15 bits per heavy atom. The summed E-state index contributed by atoms with van der Waals surface area (Å²) in [5.41, 5.74) is 0.701. The number of carbonyl (C=O) groups excluding carboxylic acids is 2. The topological polar surface area (TPSA) is 87.5 Å². The average Bonchev–Trinajstić information content (AvgIpc) is 3.34. The summed E-state index contributed by atoms with van der Waals surface area (Å²) in [6, 6.07) is 2.13. The minimum absolute atomic E-state index is 0.0440. The third kappa shape index (κ3) is 5.56. The number of aromatic nitrogens is 1. The Morgan fingerprint density at radius 1 is 1.35 bits per heavy atom. The molecule has 0 bridgehead atoms. The highest BCUT2D eigenvalue weighted by molar-refractivity contribution is 5.85. The molecule has 144 valence electrons. The molecular formula is C19H30N4O3. The van der Waals surface area contributed by atoms with Gasteiger partial charge in [-0.15, -0.1) is 0 Å². The van der Waals surface area contributed by atoms with Crippen LogP contribution in [0.25, 0.3) is 0 Å². The van der Waals surface area contributed by atoms with Crippen LogP contribution >= 0.6 is 0 Å². The molecule has 3 rings (SSSR count). The molecule has 7 nitrogen and oxygen atoms in total. The van der Waals surface area contributed by atoms with Crippen molar-refractivity contribution >= 4 is 11.8 Å². The lowest BCUT2D eigenvalue weighted by Gasteiger charge is -2.24. The number of hydrogen-bond donors (Lipinski definition) is 2. The van der Waals surface area contributed by atoms with Gasteiger partial charge in [0.1, 0.15) is 11.5 Å². The molecule has 0 spiro atoms. The van der Waals surface area contributed by atoms with E-state index in [2.05, 4.69) is 15.8 Å². The van der Waals surface area contributed by atoms with Gasteiger partial charge in [0.25, 0.3) is 0 Å². The van der Waals surface area contributed by atoms with Crippen LogP contribution in [-0.2, 0) is 16.1 Å². The normalized spacial score (nSPS) is 24.7. The number of nitrogens with one attached hydrogen (secondary N) is 2. The summed E-state index contributed by atoms with van der Waals surface area (Å²) in [6.45, 7) is 3.92. The molecule has 2 atom stereocenters. The second-order valence-corrected chi connectivity index (χ2v) is 7.80. The van der Waals surface area contributed by atoms with Crippen molar-refractivity contribution in [3.8, 4) is 0 Å². The van der Waals surface area contributed by atoms with Crippen LogP contribution in [0.4, 0.5) is 0 Å².